The molecule has 1 aliphatic rings. The molecule has 0 radical (unpaired) electrons. The molecule has 1 heteroatoms. The van der Waals surface area contributed by atoms with Crippen LogP contribution in [-0.4, -0.2) is 25.0 Å². The van der Waals surface area contributed by atoms with Gasteiger partial charge >= 0.3 is 0 Å². The van der Waals surface area contributed by atoms with Crippen LogP contribution in [-0.2, 0) is 0 Å². The second kappa shape index (κ2) is 5.82. The van der Waals surface area contributed by atoms with Crippen LogP contribution in [0.25, 0.3) is 0 Å². The van der Waals surface area contributed by atoms with E-state index in [4.69, 9.17) is 0 Å². The molecule has 0 unspecified atom stereocenters. The molecule has 78 valence electrons. The molecule has 1 aromatic carbocycles. The molecule has 0 bridgehead atoms. The summed E-state index contributed by atoms with van der Waals surface area (Å²) in [6.45, 7) is 6.88. The van der Waals surface area contributed by atoms with Gasteiger partial charge in [0.25, 0.3) is 0 Å². The zero-order valence-electron chi connectivity index (χ0n) is 9.59. The summed E-state index contributed by atoms with van der Waals surface area (Å²) in [6.07, 6.45) is 2.83. The van der Waals surface area contributed by atoms with Gasteiger partial charge < -0.3 is 4.90 Å². The molecule has 14 heavy (non-hydrogen) atoms. The molecule has 2 rings (SSSR count). The molecule has 1 aromatic rings. The van der Waals surface area contributed by atoms with Gasteiger partial charge in [0.2, 0.25) is 0 Å². The molecule has 1 nitrogen and oxygen atoms in total. The van der Waals surface area contributed by atoms with E-state index in [2.05, 4.69) is 50.1 Å². The zero-order chi connectivity index (χ0) is 10.4. The van der Waals surface area contributed by atoms with E-state index >= 15 is 0 Å². The number of hydrogen-bond donors (Lipinski definition) is 0. The Morgan fingerprint density at radius 2 is 1.36 bits per heavy atom. The van der Waals surface area contributed by atoms with Crippen LogP contribution >= 0.6 is 0 Å². The largest absolute Gasteiger partial charge is 0.306 e. The Morgan fingerprint density at radius 3 is 1.57 bits per heavy atom. The van der Waals surface area contributed by atoms with E-state index in [0.717, 1.165) is 0 Å². The third-order valence-electron chi connectivity index (χ3n) is 2.76. The predicted molar refractivity (Wildman–Crippen MR) is 62.6 cm³/mol. The van der Waals surface area contributed by atoms with Gasteiger partial charge in [-0.15, -0.1) is 0 Å². The Hall–Kier alpha value is -0.820. The highest BCUT2D eigenvalue weighted by atomic mass is 15.1. The van der Waals surface area contributed by atoms with Crippen LogP contribution < -0.4 is 0 Å². The molecule has 0 saturated carbocycles. The molecule has 0 N–H and O–H groups in total. The maximum atomic E-state index is 2.36. The van der Waals surface area contributed by atoms with Crippen LogP contribution in [0.2, 0.25) is 0 Å². The summed E-state index contributed by atoms with van der Waals surface area (Å²) >= 11 is 0. The Kier molecular flexibility index (Phi) is 4.68. The van der Waals surface area contributed by atoms with Crippen molar-refractivity contribution in [3.05, 3.63) is 35.4 Å². The first-order valence-electron chi connectivity index (χ1n) is 5.41. The van der Waals surface area contributed by atoms with Gasteiger partial charge in [-0.25, -0.2) is 0 Å². The third-order valence-corrected chi connectivity index (χ3v) is 2.76. The van der Waals surface area contributed by atoms with Gasteiger partial charge in [-0.2, -0.15) is 0 Å². The highest BCUT2D eigenvalue weighted by Gasteiger charge is 2.03. The van der Waals surface area contributed by atoms with Crippen molar-refractivity contribution < 1.29 is 0 Å². The maximum absolute atomic E-state index is 2.36. The van der Waals surface area contributed by atoms with Gasteiger partial charge in [0.05, 0.1) is 0 Å². The van der Waals surface area contributed by atoms with Gasteiger partial charge in [0, 0.05) is 0 Å². The van der Waals surface area contributed by atoms with Crippen molar-refractivity contribution in [2.24, 2.45) is 0 Å². The third kappa shape index (κ3) is 3.93. The summed E-state index contributed by atoms with van der Waals surface area (Å²) in [5.41, 5.74) is 2.74. The molecule has 0 atom stereocenters. The Morgan fingerprint density at radius 1 is 0.929 bits per heavy atom. The lowest BCUT2D eigenvalue weighted by atomic mass is 10.1. The van der Waals surface area contributed by atoms with E-state index < -0.39 is 0 Å². The number of likely N-dealkylation sites (tertiary alicyclic amines) is 1. The lowest BCUT2D eigenvalue weighted by Gasteiger charge is -2.01. The highest BCUT2D eigenvalue weighted by molar-refractivity contribution is 5.23. The zero-order valence-corrected chi connectivity index (χ0v) is 9.59. The first-order valence-corrected chi connectivity index (χ1v) is 5.41. The molecule has 1 aliphatic heterocycles. The van der Waals surface area contributed by atoms with Crippen LogP contribution in [0.3, 0.4) is 0 Å². The average Bonchev–Trinajstić information content (AvgIpc) is 2.63. The molecular formula is C13H21N. The fourth-order valence-corrected chi connectivity index (χ4v) is 1.54. The van der Waals surface area contributed by atoms with E-state index in [0.29, 0.717) is 0 Å². The van der Waals surface area contributed by atoms with Gasteiger partial charge in [0.1, 0.15) is 0 Å². The van der Waals surface area contributed by atoms with Crippen molar-refractivity contribution in [3.63, 3.8) is 0 Å². The average molecular weight is 191 g/mol. The first-order chi connectivity index (χ1) is 6.70. The summed E-state index contributed by atoms with van der Waals surface area (Å²) in [5.74, 6) is 0. The van der Waals surface area contributed by atoms with E-state index in [-0.39, 0.29) is 0 Å². The van der Waals surface area contributed by atoms with E-state index in [1.54, 1.807) is 0 Å². The Balaban J connectivity index is 0.000000146. The number of hydrogen-bond acceptors (Lipinski definition) is 1. The second-order valence-corrected chi connectivity index (χ2v) is 4.09. The lowest BCUT2D eigenvalue weighted by Crippen LogP contribution is -2.10. The number of benzene rings is 1. The highest BCUT2D eigenvalue weighted by Crippen LogP contribution is 2.03. The fraction of sp³-hybridized carbons (Fsp3) is 0.538. The van der Waals surface area contributed by atoms with Crippen molar-refractivity contribution in [1.29, 1.82) is 0 Å². The molecule has 1 fully saturated rings. The van der Waals surface area contributed by atoms with Crippen LogP contribution in [0, 0.1) is 13.8 Å². The van der Waals surface area contributed by atoms with Gasteiger partial charge in [0.15, 0.2) is 0 Å². The molecular weight excluding hydrogens is 170 g/mol. The van der Waals surface area contributed by atoms with E-state index in [9.17, 15) is 0 Å². The molecule has 0 amide bonds. The molecule has 0 aromatic heterocycles. The van der Waals surface area contributed by atoms with Crippen molar-refractivity contribution in [1.82, 2.24) is 4.90 Å². The van der Waals surface area contributed by atoms with Crippen molar-refractivity contribution in [2.45, 2.75) is 26.7 Å². The summed E-state index contributed by atoms with van der Waals surface area (Å²) in [7, 11) is 2.17. The number of aryl methyl sites for hydroxylation is 2. The van der Waals surface area contributed by atoms with Crippen molar-refractivity contribution >= 4 is 0 Å². The SMILES string of the molecule is CN1CCCC1.Cc1ccccc1C. The minimum Gasteiger partial charge on any atom is -0.306 e. The molecule has 1 heterocycles. The Labute approximate surface area is 87.7 Å². The number of rotatable bonds is 0. The topological polar surface area (TPSA) is 3.24 Å². The first kappa shape index (κ1) is 11.3. The van der Waals surface area contributed by atoms with Gasteiger partial charge in [-0.05, 0) is 58.0 Å². The standard InChI is InChI=1S/C8H10.C5H11N/c1-7-5-3-4-6-8(7)2;1-6-4-2-3-5-6/h3-6H,1-2H3;2-5H2,1H3. The smallest absolute Gasteiger partial charge is 0.00213 e. The van der Waals surface area contributed by atoms with Crippen LogP contribution in [0.4, 0.5) is 0 Å². The van der Waals surface area contributed by atoms with Crippen molar-refractivity contribution in [3.8, 4) is 0 Å². The van der Waals surface area contributed by atoms with E-state index in [1.165, 1.54) is 37.1 Å². The maximum Gasteiger partial charge on any atom is -0.00213 e. The molecule has 0 spiro atoms. The monoisotopic (exact) mass is 191 g/mol. The second-order valence-electron chi connectivity index (χ2n) is 4.09. The minimum atomic E-state index is 1.32. The Bertz CT molecular complexity index is 241. The predicted octanol–water partition coefficient (Wildman–Crippen LogP) is 3.02. The van der Waals surface area contributed by atoms with E-state index in [1.807, 2.05) is 0 Å². The minimum absolute atomic E-state index is 1.32. The molecule has 0 aliphatic carbocycles. The number of nitrogens with zero attached hydrogens (tertiary/aromatic N) is 1. The molecule has 1 saturated heterocycles. The summed E-state index contributed by atoms with van der Waals surface area (Å²) in [4.78, 5) is 2.36. The normalized spacial score (nSPS) is 16.2. The quantitative estimate of drug-likeness (QED) is 0.609. The fourth-order valence-electron chi connectivity index (χ4n) is 1.54. The van der Waals surface area contributed by atoms with Gasteiger partial charge in [-0.1, -0.05) is 24.3 Å². The van der Waals surface area contributed by atoms with Crippen LogP contribution in [0.5, 0.6) is 0 Å². The summed E-state index contributed by atoms with van der Waals surface area (Å²) < 4.78 is 0. The summed E-state index contributed by atoms with van der Waals surface area (Å²) in [5, 5.41) is 0. The summed E-state index contributed by atoms with van der Waals surface area (Å²) in [6, 6.07) is 8.36. The van der Waals surface area contributed by atoms with Gasteiger partial charge in [-0.3, -0.25) is 0 Å². The van der Waals surface area contributed by atoms with Crippen LogP contribution in [0.15, 0.2) is 24.3 Å². The lowest BCUT2D eigenvalue weighted by molar-refractivity contribution is 0.418. The van der Waals surface area contributed by atoms with Crippen molar-refractivity contribution in [2.75, 3.05) is 20.1 Å². The van der Waals surface area contributed by atoms with Crippen LogP contribution in [0.1, 0.15) is 24.0 Å².